The van der Waals surface area contributed by atoms with Gasteiger partial charge in [-0.15, -0.1) is 0 Å². The Hall–Kier alpha value is -3.24. The van der Waals surface area contributed by atoms with E-state index in [0.717, 1.165) is 57.7 Å². The fourth-order valence-corrected chi connectivity index (χ4v) is 4.54. The van der Waals surface area contributed by atoms with Gasteiger partial charge in [0, 0.05) is 47.5 Å². The van der Waals surface area contributed by atoms with Gasteiger partial charge in [0.15, 0.2) is 0 Å². The standard InChI is InChI=1S/C22H21ClFN3O2.C6H16N2.C6H12O.C2H6/c1-13(18-11-16(23)6-7-19(18)24)10-20(14(2)28)26-17-8-9-25-21(12-17)27-22(29)15-4-3-5-15;1-3-4-8-6-5-7-2;1-2-5-3-6(7)4-5;1-2/h6-12,15,28H,1-5H2,(H2,25,26,27,29);7-8H,3-6H2,1-2H3;5-7H,2-4H2,1H3;1-2H3/b20-10+;;;. The van der Waals surface area contributed by atoms with Crippen molar-refractivity contribution in [3.63, 3.8) is 0 Å². The zero-order chi connectivity index (χ0) is 34.5. The predicted octanol–water partition coefficient (Wildman–Crippen LogP) is 8.09. The number of carbonyl (C=O) groups is 1. The molecule has 1 heterocycles. The maximum absolute atomic E-state index is 14.1. The van der Waals surface area contributed by atoms with Crippen LogP contribution in [0.1, 0.15) is 78.2 Å². The number of aliphatic hydroxyl groups is 2. The fourth-order valence-electron chi connectivity index (χ4n) is 4.37. The fraction of sp³-hybridized carbons (Fsp3) is 0.500. The molecule has 2 saturated carbocycles. The summed E-state index contributed by atoms with van der Waals surface area (Å²) in [7, 11) is 1.97. The third kappa shape index (κ3) is 15.4. The van der Waals surface area contributed by atoms with Crippen LogP contribution in [-0.2, 0) is 4.79 Å². The first-order chi connectivity index (χ1) is 22.1. The Labute approximate surface area is 280 Å². The molecule has 0 atom stereocenters. The molecule has 0 spiro atoms. The first kappa shape index (κ1) is 40.8. The van der Waals surface area contributed by atoms with Gasteiger partial charge in [0.2, 0.25) is 5.91 Å². The lowest BCUT2D eigenvalue weighted by Gasteiger charge is -2.29. The molecule has 46 heavy (non-hydrogen) atoms. The summed E-state index contributed by atoms with van der Waals surface area (Å²) in [5.41, 5.74) is 1.29. The van der Waals surface area contributed by atoms with Crippen LogP contribution in [0.25, 0.3) is 5.57 Å². The van der Waals surface area contributed by atoms with Gasteiger partial charge in [-0.3, -0.25) is 4.79 Å². The molecule has 0 bridgehead atoms. The summed E-state index contributed by atoms with van der Waals surface area (Å²) < 4.78 is 14.1. The number of hydrogen-bond donors (Lipinski definition) is 6. The first-order valence-electron chi connectivity index (χ1n) is 16.4. The lowest BCUT2D eigenvalue weighted by Crippen LogP contribution is -2.28. The van der Waals surface area contributed by atoms with E-state index in [9.17, 15) is 14.3 Å². The topological polar surface area (TPSA) is 119 Å². The van der Waals surface area contributed by atoms with E-state index < -0.39 is 5.82 Å². The van der Waals surface area contributed by atoms with Crippen LogP contribution in [0.4, 0.5) is 15.9 Å². The number of hydrogen-bond acceptors (Lipinski definition) is 7. The highest BCUT2D eigenvalue weighted by atomic mass is 35.5. The normalized spacial score (nSPS) is 16.8. The summed E-state index contributed by atoms with van der Waals surface area (Å²) in [5.74, 6) is 0.489. The van der Waals surface area contributed by atoms with E-state index in [1.165, 1.54) is 43.3 Å². The number of carbonyl (C=O) groups excluding carboxylic acids is 1. The molecule has 0 saturated heterocycles. The zero-order valence-corrected chi connectivity index (χ0v) is 29.0. The third-order valence-corrected chi connectivity index (χ3v) is 7.67. The van der Waals surface area contributed by atoms with Crippen LogP contribution in [0.2, 0.25) is 5.02 Å². The number of likely N-dealkylation sites (N-methyl/N-ethyl adjacent to an activating group) is 1. The molecule has 8 nitrogen and oxygen atoms in total. The van der Waals surface area contributed by atoms with Gasteiger partial charge in [-0.25, -0.2) is 9.37 Å². The van der Waals surface area contributed by atoms with Gasteiger partial charge in [-0.1, -0.05) is 65.3 Å². The Balaban J connectivity index is 0.000000508. The smallest absolute Gasteiger partial charge is 0.228 e. The summed E-state index contributed by atoms with van der Waals surface area (Å²) in [6, 6.07) is 7.44. The highest BCUT2D eigenvalue weighted by molar-refractivity contribution is 6.30. The second-order valence-corrected chi connectivity index (χ2v) is 11.5. The number of nitrogens with zero attached hydrogens (tertiary/aromatic N) is 1. The van der Waals surface area contributed by atoms with Gasteiger partial charge >= 0.3 is 0 Å². The average Bonchev–Trinajstić information content (AvgIpc) is 2.99. The minimum atomic E-state index is -0.483. The van der Waals surface area contributed by atoms with E-state index in [-0.39, 0.29) is 34.9 Å². The van der Waals surface area contributed by atoms with E-state index in [1.54, 1.807) is 12.1 Å². The highest BCUT2D eigenvalue weighted by Crippen LogP contribution is 2.30. The van der Waals surface area contributed by atoms with E-state index in [4.69, 9.17) is 16.7 Å². The molecule has 10 heteroatoms. The molecule has 2 fully saturated rings. The van der Waals surface area contributed by atoms with E-state index >= 15 is 0 Å². The molecule has 1 aromatic carbocycles. The predicted molar refractivity (Wildman–Crippen MR) is 192 cm³/mol. The van der Waals surface area contributed by atoms with Crippen molar-refractivity contribution in [2.45, 2.75) is 78.7 Å². The lowest BCUT2D eigenvalue weighted by atomic mass is 9.81. The molecule has 4 rings (SSSR count). The number of benzene rings is 1. The van der Waals surface area contributed by atoms with Crippen LogP contribution in [0, 0.1) is 17.7 Å². The molecule has 1 aromatic heterocycles. The van der Waals surface area contributed by atoms with Crippen molar-refractivity contribution in [1.29, 1.82) is 0 Å². The molecule has 2 aliphatic rings. The van der Waals surface area contributed by atoms with Gasteiger partial charge in [-0.2, -0.15) is 0 Å². The number of nitrogens with one attached hydrogen (secondary N) is 4. The molecular weight excluding hydrogens is 605 g/mol. The number of rotatable bonds is 13. The van der Waals surface area contributed by atoms with Crippen molar-refractivity contribution >= 4 is 34.6 Å². The molecule has 0 radical (unpaired) electrons. The van der Waals surface area contributed by atoms with E-state index in [2.05, 4.69) is 53.3 Å². The number of anilines is 2. The minimum absolute atomic E-state index is 0.0389. The van der Waals surface area contributed by atoms with Gasteiger partial charge in [0.1, 0.15) is 17.4 Å². The van der Waals surface area contributed by atoms with Gasteiger partial charge < -0.3 is 31.5 Å². The number of allylic oxidation sites excluding steroid dienone is 2. The first-order valence-corrected chi connectivity index (χ1v) is 16.8. The number of aliphatic hydroxyl groups excluding tert-OH is 2. The summed E-state index contributed by atoms with van der Waals surface area (Å²) in [4.78, 5) is 16.2. The summed E-state index contributed by atoms with van der Waals surface area (Å²) in [6.07, 6.45) is 10.5. The molecule has 0 aliphatic heterocycles. The zero-order valence-electron chi connectivity index (χ0n) is 28.3. The maximum Gasteiger partial charge on any atom is 0.228 e. The summed E-state index contributed by atoms with van der Waals surface area (Å²) >= 11 is 5.93. The van der Waals surface area contributed by atoms with Crippen LogP contribution in [-0.4, -0.2) is 53.9 Å². The van der Waals surface area contributed by atoms with Crippen molar-refractivity contribution in [3.05, 3.63) is 83.6 Å². The van der Waals surface area contributed by atoms with Crippen molar-refractivity contribution in [3.8, 4) is 0 Å². The second kappa shape index (κ2) is 23.1. The largest absolute Gasteiger partial charge is 0.506 e. The lowest BCUT2D eigenvalue weighted by molar-refractivity contribution is -0.122. The van der Waals surface area contributed by atoms with Crippen LogP contribution >= 0.6 is 11.6 Å². The SMILES string of the molecule is C=C(O)/C(=C\C(=C)c1cc(Cl)ccc1F)Nc1ccnc(NC(=O)C2CCC2)c1.CC.CCC1CC(O)C1.CCCNCCNC. The Morgan fingerprint density at radius 3 is 2.30 bits per heavy atom. The van der Waals surface area contributed by atoms with Crippen LogP contribution < -0.4 is 21.3 Å². The van der Waals surface area contributed by atoms with Crippen LogP contribution in [0.3, 0.4) is 0 Å². The van der Waals surface area contributed by atoms with Crippen molar-refractivity contribution in [2.75, 3.05) is 37.3 Å². The van der Waals surface area contributed by atoms with Crippen molar-refractivity contribution in [1.82, 2.24) is 15.6 Å². The monoisotopic (exact) mass is 659 g/mol. The van der Waals surface area contributed by atoms with E-state index in [0.29, 0.717) is 22.1 Å². The Morgan fingerprint density at radius 1 is 1.09 bits per heavy atom. The summed E-state index contributed by atoms with van der Waals surface area (Å²) in [5, 5.41) is 31.2. The third-order valence-electron chi connectivity index (χ3n) is 7.44. The molecule has 6 N–H and O–H groups in total. The second-order valence-electron chi connectivity index (χ2n) is 11.1. The van der Waals surface area contributed by atoms with Gasteiger partial charge in [0.25, 0.3) is 0 Å². The quantitative estimate of drug-likeness (QED) is 0.0731. The minimum Gasteiger partial charge on any atom is -0.506 e. The molecule has 2 aliphatic carbocycles. The van der Waals surface area contributed by atoms with Gasteiger partial charge in [-0.05, 0) is 87.5 Å². The Kier molecular flexibility index (Phi) is 20.5. The van der Waals surface area contributed by atoms with Crippen molar-refractivity contribution < 1.29 is 19.4 Å². The molecular formula is C36H55ClFN5O3. The number of pyridine rings is 1. The van der Waals surface area contributed by atoms with Gasteiger partial charge in [0.05, 0.1) is 11.8 Å². The molecule has 1 amide bonds. The Morgan fingerprint density at radius 2 is 1.78 bits per heavy atom. The molecule has 0 unspecified atom stereocenters. The Bertz CT molecular complexity index is 1240. The van der Waals surface area contributed by atoms with Crippen LogP contribution in [0.5, 0.6) is 0 Å². The summed E-state index contributed by atoms with van der Waals surface area (Å²) in [6.45, 7) is 19.0. The number of aromatic nitrogens is 1. The number of amides is 1. The molecule has 256 valence electrons. The van der Waals surface area contributed by atoms with Crippen LogP contribution in [0.15, 0.2) is 67.2 Å². The van der Waals surface area contributed by atoms with Crippen molar-refractivity contribution in [2.24, 2.45) is 11.8 Å². The molecule has 2 aromatic rings. The average molecular weight is 660 g/mol. The maximum atomic E-state index is 14.1. The van der Waals surface area contributed by atoms with E-state index in [1.807, 2.05) is 20.9 Å². The highest BCUT2D eigenvalue weighted by Gasteiger charge is 2.25. The number of halogens is 2.